The number of hydrogen-bond acceptors (Lipinski definition) is 3. The Kier molecular flexibility index (Phi) is 4.17. The summed E-state index contributed by atoms with van der Waals surface area (Å²) in [5.41, 5.74) is 0.733. The molecule has 3 rings (SSSR count). The first kappa shape index (κ1) is 15.3. The van der Waals surface area contributed by atoms with Gasteiger partial charge in [0.15, 0.2) is 0 Å². The summed E-state index contributed by atoms with van der Waals surface area (Å²) < 4.78 is 31.0. The van der Waals surface area contributed by atoms with Crippen molar-refractivity contribution in [1.29, 1.82) is 0 Å². The van der Waals surface area contributed by atoms with Gasteiger partial charge in [-0.2, -0.15) is 0 Å². The highest BCUT2D eigenvalue weighted by atomic mass is 32.2. The third-order valence-electron chi connectivity index (χ3n) is 3.50. The van der Waals surface area contributed by atoms with Gasteiger partial charge in [0.2, 0.25) is 9.84 Å². The molecule has 0 amide bonds. The molecule has 116 valence electrons. The molecule has 0 aliphatic rings. The second-order valence-electron chi connectivity index (χ2n) is 5.16. The van der Waals surface area contributed by atoms with Crippen LogP contribution in [-0.2, 0) is 9.84 Å². The van der Waals surface area contributed by atoms with Gasteiger partial charge < -0.3 is 4.74 Å². The van der Waals surface area contributed by atoms with Crippen molar-refractivity contribution in [2.75, 3.05) is 0 Å². The first-order chi connectivity index (χ1) is 11.1. The molecular formula is C19H16O3S. The fraction of sp³-hybridized carbons (Fsp3) is 0.0526. The van der Waals surface area contributed by atoms with Crippen molar-refractivity contribution in [2.24, 2.45) is 0 Å². The first-order valence-electron chi connectivity index (χ1n) is 7.21. The summed E-state index contributed by atoms with van der Waals surface area (Å²) in [7, 11) is -3.51. The predicted molar refractivity (Wildman–Crippen MR) is 89.6 cm³/mol. The van der Waals surface area contributed by atoms with Gasteiger partial charge in [-0.05, 0) is 55.0 Å². The number of para-hydroxylation sites is 1. The van der Waals surface area contributed by atoms with Crippen molar-refractivity contribution in [2.45, 2.75) is 16.7 Å². The molecule has 0 unspecified atom stereocenters. The van der Waals surface area contributed by atoms with Crippen molar-refractivity contribution >= 4 is 9.84 Å². The van der Waals surface area contributed by atoms with E-state index in [1.165, 1.54) is 0 Å². The number of rotatable bonds is 4. The average molecular weight is 324 g/mol. The van der Waals surface area contributed by atoms with E-state index in [1.807, 2.05) is 36.4 Å². The summed E-state index contributed by atoms with van der Waals surface area (Å²) in [6.07, 6.45) is 0. The van der Waals surface area contributed by atoms with Gasteiger partial charge in [-0.15, -0.1) is 0 Å². The van der Waals surface area contributed by atoms with Gasteiger partial charge in [0.25, 0.3) is 0 Å². The van der Waals surface area contributed by atoms with Gasteiger partial charge in [-0.25, -0.2) is 8.42 Å². The SMILES string of the molecule is Cc1ccccc1S(=O)(=O)c1ccc(Oc2ccccc2)cc1. The van der Waals surface area contributed by atoms with E-state index >= 15 is 0 Å². The minimum absolute atomic E-state index is 0.257. The fourth-order valence-corrected chi connectivity index (χ4v) is 3.79. The first-order valence-corrected chi connectivity index (χ1v) is 8.69. The van der Waals surface area contributed by atoms with Gasteiger partial charge in [0.05, 0.1) is 9.79 Å². The van der Waals surface area contributed by atoms with E-state index in [0.29, 0.717) is 16.4 Å². The van der Waals surface area contributed by atoms with Crippen LogP contribution in [0.1, 0.15) is 5.56 Å². The quantitative estimate of drug-likeness (QED) is 0.703. The maximum absolute atomic E-state index is 12.7. The van der Waals surface area contributed by atoms with Crippen molar-refractivity contribution in [3.8, 4) is 11.5 Å². The van der Waals surface area contributed by atoms with Crippen molar-refractivity contribution in [3.63, 3.8) is 0 Å². The molecule has 0 N–H and O–H groups in total. The number of benzene rings is 3. The Morgan fingerprint density at radius 2 is 1.26 bits per heavy atom. The van der Waals surface area contributed by atoms with E-state index in [4.69, 9.17) is 4.74 Å². The summed E-state index contributed by atoms with van der Waals surface area (Å²) in [6.45, 7) is 1.79. The highest BCUT2D eigenvalue weighted by molar-refractivity contribution is 7.91. The van der Waals surface area contributed by atoms with Crippen LogP contribution in [0.15, 0.2) is 88.7 Å². The molecular weight excluding hydrogens is 308 g/mol. The van der Waals surface area contributed by atoms with Gasteiger partial charge >= 0.3 is 0 Å². The molecule has 4 heteroatoms. The Bertz CT molecular complexity index is 899. The van der Waals surface area contributed by atoms with Crippen LogP contribution >= 0.6 is 0 Å². The van der Waals surface area contributed by atoms with Crippen LogP contribution in [0.3, 0.4) is 0 Å². The molecule has 0 aromatic heterocycles. The van der Waals surface area contributed by atoms with E-state index in [9.17, 15) is 8.42 Å². The Balaban J connectivity index is 1.89. The molecule has 0 spiro atoms. The molecule has 0 bridgehead atoms. The zero-order valence-corrected chi connectivity index (χ0v) is 13.5. The van der Waals surface area contributed by atoms with Crippen LogP contribution in [0.25, 0.3) is 0 Å². The Hall–Kier alpha value is -2.59. The van der Waals surface area contributed by atoms with Crippen LogP contribution in [0, 0.1) is 6.92 Å². The molecule has 0 radical (unpaired) electrons. The van der Waals surface area contributed by atoms with E-state index in [2.05, 4.69) is 0 Å². The Morgan fingerprint density at radius 3 is 1.91 bits per heavy atom. The van der Waals surface area contributed by atoms with E-state index in [-0.39, 0.29) is 4.90 Å². The highest BCUT2D eigenvalue weighted by Gasteiger charge is 2.19. The highest BCUT2D eigenvalue weighted by Crippen LogP contribution is 2.27. The largest absolute Gasteiger partial charge is 0.457 e. The van der Waals surface area contributed by atoms with Gasteiger partial charge in [-0.1, -0.05) is 36.4 Å². The van der Waals surface area contributed by atoms with Crippen molar-refractivity contribution in [3.05, 3.63) is 84.4 Å². The lowest BCUT2D eigenvalue weighted by molar-refractivity contribution is 0.482. The summed E-state index contributed by atoms with van der Waals surface area (Å²) in [5, 5.41) is 0. The molecule has 0 heterocycles. The molecule has 0 aliphatic carbocycles. The molecule has 0 aliphatic heterocycles. The third-order valence-corrected chi connectivity index (χ3v) is 5.43. The molecule has 3 nitrogen and oxygen atoms in total. The average Bonchev–Trinajstić information content (AvgIpc) is 2.56. The Morgan fingerprint density at radius 1 is 0.696 bits per heavy atom. The third kappa shape index (κ3) is 3.27. The van der Waals surface area contributed by atoms with Crippen LogP contribution in [0.2, 0.25) is 0 Å². The fourth-order valence-electron chi connectivity index (χ4n) is 2.30. The topological polar surface area (TPSA) is 43.4 Å². The van der Waals surface area contributed by atoms with Crippen LogP contribution in [0.4, 0.5) is 0 Å². The van der Waals surface area contributed by atoms with E-state index in [0.717, 1.165) is 5.56 Å². The molecule has 3 aromatic rings. The molecule has 0 saturated heterocycles. The lowest BCUT2D eigenvalue weighted by Crippen LogP contribution is -2.03. The van der Waals surface area contributed by atoms with Crippen LogP contribution in [0.5, 0.6) is 11.5 Å². The predicted octanol–water partition coefficient (Wildman–Crippen LogP) is 4.62. The normalized spacial score (nSPS) is 11.2. The second kappa shape index (κ2) is 6.26. The van der Waals surface area contributed by atoms with Crippen molar-refractivity contribution < 1.29 is 13.2 Å². The zero-order valence-electron chi connectivity index (χ0n) is 12.6. The molecule has 0 fully saturated rings. The Labute approximate surface area is 136 Å². The number of aryl methyl sites for hydroxylation is 1. The van der Waals surface area contributed by atoms with Crippen molar-refractivity contribution in [1.82, 2.24) is 0 Å². The van der Waals surface area contributed by atoms with E-state index < -0.39 is 9.84 Å². The number of ether oxygens (including phenoxy) is 1. The molecule has 0 saturated carbocycles. The van der Waals surface area contributed by atoms with E-state index in [1.54, 1.807) is 49.4 Å². The standard InChI is InChI=1S/C19H16O3S/c1-15-7-5-6-10-19(15)23(20,21)18-13-11-17(12-14-18)22-16-8-3-2-4-9-16/h2-14H,1H3. The van der Waals surface area contributed by atoms with Gasteiger partial charge in [0.1, 0.15) is 11.5 Å². The van der Waals surface area contributed by atoms with Crippen LogP contribution < -0.4 is 4.74 Å². The summed E-state index contributed by atoms with van der Waals surface area (Å²) in [6, 6.07) is 22.8. The zero-order chi connectivity index (χ0) is 16.3. The maximum atomic E-state index is 12.7. The monoisotopic (exact) mass is 324 g/mol. The molecule has 0 atom stereocenters. The summed E-state index contributed by atoms with van der Waals surface area (Å²) >= 11 is 0. The smallest absolute Gasteiger partial charge is 0.206 e. The van der Waals surface area contributed by atoms with Crippen LogP contribution in [-0.4, -0.2) is 8.42 Å². The summed E-state index contributed by atoms with van der Waals surface area (Å²) in [5.74, 6) is 1.31. The summed E-state index contributed by atoms with van der Waals surface area (Å²) in [4.78, 5) is 0.587. The van der Waals surface area contributed by atoms with Gasteiger partial charge in [-0.3, -0.25) is 0 Å². The lowest BCUT2D eigenvalue weighted by atomic mass is 10.2. The maximum Gasteiger partial charge on any atom is 0.206 e. The molecule has 23 heavy (non-hydrogen) atoms. The second-order valence-corrected chi connectivity index (χ2v) is 7.07. The number of sulfone groups is 1. The minimum atomic E-state index is -3.51. The number of hydrogen-bond donors (Lipinski definition) is 0. The molecule has 3 aromatic carbocycles. The lowest BCUT2D eigenvalue weighted by Gasteiger charge is -2.09. The minimum Gasteiger partial charge on any atom is -0.457 e. The van der Waals surface area contributed by atoms with Gasteiger partial charge in [0, 0.05) is 0 Å².